The van der Waals surface area contributed by atoms with Crippen molar-refractivity contribution in [3.63, 3.8) is 0 Å². The Labute approximate surface area is 179 Å². The summed E-state index contributed by atoms with van der Waals surface area (Å²) in [6.45, 7) is 9.01. The first-order valence-corrected chi connectivity index (χ1v) is 9.59. The number of aromatic nitrogens is 3. The Morgan fingerprint density at radius 2 is 1.84 bits per heavy atom. The molecule has 0 radical (unpaired) electrons. The van der Waals surface area contributed by atoms with Crippen LogP contribution >= 0.6 is 0 Å². The number of nitrogens with zero attached hydrogens (tertiary/aromatic N) is 4. The highest BCUT2D eigenvalue weighted by molar-refractivity contribution is 6.03. The molecule has 1 unspecified atom stereocenters. The van der Waals surface area contributed by atoms with Crippen LogP contribution in [0.25, 0.3) is 10.5 Å². The summed E-state index contributed by atoms with van der Waals surface area (Å²) < 4.78 is 1.52. The van der Waals surface area contributed by atoms with Crippen molar-refractivity contribution in [3.8, 4) is 5.69 Å². The van der Waals surface area contributed by atoms with E-state index in [1.807, 2.05) is 0 Å². The average molecular weight is 409 g/mol. The number of nitrogens with one attached hydrogen (secondary N) is 1. The molecule has 4 rings (SSSR count). The van der Waals surface area contributed by atoms with Crippen LogP contribution in [0.2, 0.25) is 0 Å². The number of rotatable bonds is 5. The lowest BCUT2D eigenvalue weighted by atomic mass is 10.0. The Kier molecular flexibility index (Phi) is 5.56. The van der Waals surface area contributed by atoms with Gasteiger partial charge in [-0.15, -0.1) is 0 Å². The van der Waals surface area contributed by atoms with Crippen LogP contribution in [-0.2, 0) is 0 Å². The summed E-state index contributed by atoms with van der Waals surface area (Å²) in [4.78, 5) is 20.4. The van der Waals surface area contributed by atoms with Crippen molar-refractivity contribution in [2.24, 2.45) is 0 Å². The Balaban J connectivity index is 1.61. The number of aryl methyl sites for hydroxylation is 1. The maximum atomic E-state index is 13.0. The van der Waals surface area contributed by atoms with Crippen LogP contribution < -0.4 is 5.32 Å². The van der Waals surface area contributed by atoms with Crippen LogP contribution in [0.15, 0.2) is 79.1 Å². The second-order valence-corrected chi connectivity index (χ2v) is 6.98. The van der Waals surface area contributed by atoms with Crippen LogP contribution in [0.5, 0.6) is 0 Å². The summed E-state index contributed by atoms with van der Waals surface area (Å²) >= 11 is 0. The normalized spacial score (nSPS) is 11.5. The molecule has 7 nitrogen and oxygen atoms in total. The quantitative estimate of drug-likeness (QED) is 0.477. The van der Waals surface area contributed by atoms with Gasteiger partial charge in [0.15, 0.2) is 5.69 Å². The van der Waals surface area contributed by atoms with Crippen LogP contribution in [-0.4, -0.2) is 25.8 Å². The van der Waals surface area contributed by atoms with Crippen molar-refractivity contribution in [1.29, 1.82) is 0 Å². The molecule has 0 aliphatic heterocycles. The standard InChI is InChI=1S/C24H19N5O2/c1-16-13-22(29(28-16)21-8-4-6-19(15-21)25-2)24(31)27-20-7-3-5-18(14-20)23(30)17-9-11-26-12-10-17/h3-15,23,30H,1H3,(H,27,31). The van der Waals surface area contributed by atoms with Crippen LogP contribution in [0.4, 0.5) is 11.4 Å². The summed E-state index contributed by atoms with van der Waals surface area (Å²) in [7, 11) is 0. The third-order valence-corrected chi connectivity index (χ3v) is 4.75. The smallest absolute Gasteiger partial charge is 0.274 e. The molecular formula is C24H19N5O2. The minimum atomic E-state index is -0.830. The molecule has 2 heterocycles. The molecule has 1 amide bonds. The molecule has 0 fully saturated rings. The topological polar surface area (TPSA) is 84.4 Å². The van der Waals surface area contributed by atoms with Crippen molar-refractivity contribution in [2.75, 3.05) is 5.32 Å². The largest absolute Gasteiger partial charge is 0.384 e. The summed E-state index contributed by atoms with van der Waals surface area (Å²) in [6, 6.07) is 19.2. The highest BCUT2D eigenvalue weighted by Gasteiger charge is 2.17. The minimum Gasteiger partial charge on any atom is -0.384 e. The van der Waals surface area contributed by atoms with E-state index in [0.29, 0.717) is 39.6 Å². The fourth-order valence-electron chi connectivity index (χ4n) is 3.27. The molecule has 2 aromatic carbocycles. The number of benzene rings is 2. The third-order valence-electron chi connectivity index (χ3n) is 4.75. The van der Waals surface area contributed by atoms with Crippen LogP contribution in [0, 0.1) is 13.5 Å². The number of hydrogen-bond acceptors (Lipinski definition) is 4. The van der Waals surface area contributed by atoms with Crippen LogP contribution in [0.3, 0.4) is 0 Å². The number of carbonyl (C=O) groups excluding carboxylic acids is 1. The van der Waals surface area contributed by atoms with Gasteiger partial charge in [-0.1, -0.05) is 24.3 Å². The summed E-state index contributed by atoms with van der Waals surface area (Å²) in [6.07, 6.45) is 2.41. The Hall–Kier alpha value is -4.28. The summed E-state index contributed by atoms with van der Waals surface area (Å²) in [5.41, 5.74) is 4.05. The number of anilines is 1. The Morgan fingerprint density at radius 3 is 2.61 bits per heavy atom. The van der Waals surface area contributed by atoms with Crippen molar-refractivity contribution in [2.45, 2.75) is 13.0 Å². The van der Waals surface area contributed by atoms with Crippen molar-refractivity contribution in [1.82, 2.24) is 14.8 Å². The van der Waals surface area contributed by atoms with E-state index >= 15 is 0 Å². The molecule has 1 atom stereocenters. The highest BCUT2D eigenvalue weighted by atomic mass is 16.3. The molecule has 2 N–H and O–H groups in total. The molecule has 7 heteroatoms. The number of hydrogen-bond donors (Lipinski definition) is 2. The predicted molar refractivity (Wildman–Crippen MR) is 117 cm³/mol. The van der Waals surface area contributed by atoms with Gasteiger partial charge >= 0.3 is 0 Å². The molecule has 0 aliphatic rings. The van der Waals surface area contributed by atoms with E-state index in [9.17, 15) is 9.90 Å². The molecule has 152 valence electrons. The van der Waals surface area contributed by atoms with Gasteiger partial charge < -0.3 is 10.4 Å². The molecule has 0 saturated carbocycles. The molecule has 0 spiro atoms. The van der Waals surface area contributed by atoms with E-state index in [4.69, 9.17) is 6.57 Å². The lowest BCUT2D eigenvalue weighted by molar-refractivity contribution is 0.101. The van der Waals surface area contributed by atoms with Crippen molar-refractivity contribution in [3.05, 3.63) is 113 Å². The zero-order valence-electron chi connectivity index (χ0n) is 16.7. The Morgan fingerprint density at radius 1 is 1.06 bits per heavy atom. The summed E-state index contributed by atoms with van der Waals surface area (Å²) in [5.74, 6) is -0.343. The fourth-order valence-corrected chi connectivity index (χ4v) is 3.27. The van der Waals surface area contributed by atoms with Gasteiger partial charge in [0.05, 0.1) is 18.0 Å². The van der Waals surface area contributed by atoms with E-state index in [1.54, 1.807) is 86.0 Å². The maximum absolute atomic E-state index is 13.0. The molecule has 4 aromatic rings. The highest BCUT2D eigenvalue weighted by Crippen LogP contribution is 2.25. The SMILES string of the molecule is [C-]#[N+]c1cccc(-n2nc(C)cc2C(=O)Nc2cccc(C(O)c3ccncc3)c2)c1. The van der Waals surface area contributed by atoms with E-state index in [0.717, 1.165) is 0 Å². The van der Waals surface area contributed by atoms with Crippen LogP contribution in [0.1, 0.15) is 33.4 Å². The van der Waals surface area contributed by atoms with Gasteiger partial charge in [0.1, 0.15) is 11.8 Å². The molecule has 0 aliphatic carbocycles. The summed E-state index contributed by atoms with van der Waals surface area (Å²) in [5, 5.41) is 17.9. The van der Waals surface area contributed by atoms with Gasteiger partial charge in [-0.2, -0.15) is 5.10 Å². The minimum absolute atomic E-state index is 0.343. The zero-order chi connectivity index (χ0) is 21.8. The number of aliphatic hydroxyl groups is 1. The number of pyridine rings is 1. The van der Waals surface area contributed by atoms with E-state index in [1.165, 1.54) is 4.68 Å². The first-order valence-electron chi connectivity index (χ1n) is 9.59. The third kappa shape index (κ3) is 4.34. The number of carbonyl (C=O) groups is 1. The van der Waals surface area contributed by atoms with Gasteiger partial charge in [0.25, 0.3) is 5.91 Å². The molecule has 2 aromatic heterocycles. The zero-order valence-corrected chi connectivity index (χ0v) is 16.7. The first-order chi connectivity index (χ1) is 15.0. The average Bonchev–Trinajstić information content (AvgIpc) is 3.21. The van der Waals surface area contributed by atoms with Gasteiger partial charge in [-0.05, 0) is 60.5 Å². The second-order valence-electron chi connectivity index (χ2n) is 6.98. The molecule has 0 bridgehead atoms. The van der Waals surface area contributed by atoms with Gasteiger partial charge in [-0.25, -0.2) is 9.53 Å². The maximum Gasteiger partial charge on any atom is 0.274 e. The first kappa shape index (κ1) is 20.0. The van der Waals surface area contributed by atoms with E-state index < -0.39 is 6.10 Å². The van der Waals surface area contributed by atoms with Crippen molar-refractivity contribution < 1.29 is 9.90 Å². The predicted octanol–water partition coefficient (Wildman–Crippen LogP) is 4.46. The van der Waals surface area contributed by atoms with Gasteiger partial charge in [0.2, 0.25) is 0 Å². The fraction of sp³-hybridized carbons (Fsp3) is 0.0833. The van der Waals surface area contributed by atoms with Gasteiger partial charge in [-0.3, -0.25) is 9.78 Å². The Bertz CT molecular complexity index is 1270. The number of amides is 1. The second kappa shape index (κ2) is 8.61. The molecule has 0 saturated heterocycles. The molecular weight excluding hydrogens is 390 g/mol. The van der Waals surface area contributed by atoms with Crippen molar-refractivity contribution >= 4 is 17.3 Å². The lowest BCUT2D eigenvalue weighted by Crippen LogP contribution is -2.17. The van der Waals surface area contributed by atoms with E-state index in [2.05, 4.69) is 20.2 Å². The van der Waals surface area contributed by atoms with E-state index in [-0.39, 0.29) is 5.91 Å². The van der Waals surface area contributed by atoms with Gasteiger partial charge in [0, 0.05) is 18.1 Å². The monoisotopic (exact) mass is 409 g/mol. The molecule has 31 heavy (non-hydrogen) atoms. The number of aliphatic hydroxyl groups excluding tert-OH is 1. The lowest BCUT2D eigenvalue weighted by Gasteiger charge is -2.13.